The Morgan fingerprint density at radius 1 is 1.09 bits per heavy atom. The first-order chi connectivity index (χ1) is 10.6. The molecule has 0 saturated carbocycles. The van der Waals surface area contributed by atoms with E-state index in [0.717, 1.165) is 0 Å². The van der Waals surface area contributed by atoms with Gasteiger partial charge in [-0.3, -0.25) is 9.59 Å². The summed E-state index contributed by atoms with van der Waals surface area (Å²) in [4.78, 5) is 24.1. The van der Waals surface area contributed by atoms with Gasteiger partial charge in [0.1, 0.15) is 5.82 Å². The Morgan fingerprint density at radius 3 is 2.50 bits per heavy atom. The maximum absolute atomic E-state index is 12.9. The van der Waals surface area contributed by atoms with Gasteiger partial charge in [0.15, 0.2) is 5.78 Å². The molecule has 110 valence electrons. The molecule has 3 aromatic rings. The molecule has 0 aliphatic carbocycles. The number of aromatic nitrogens is 1. The molecule has 0 fully saturated rings. The molecular formula is C17H13FN2O2. The Bertz CT molecular complexity index is 866. The Balaban J connectivity index is 2.00. The number of halogens is 1. The molecule has 4 nitrogen and oxygen atoms in total. The number of rotatable bonds is 3. The van der Waals surface area contributed by atoms with Crippen molar-refractivity contribution in [3.8, 4) is 0 Å². The molecule has 2 aromatic heterocycles. The minimum absolute atomic E-state index is 0.123. The average Bonchev–Trinajstić information content (AvgIpc) is 2.89. The van der Waals surface area contributed by atoms with Crippen LogP contribution in [0.2, 0.25) is 0 Å². The van der Waals surface area contributed by atoms with Crippen LogP contribution in [-0.2, 0) is 0 Å². The normalized spacial score (nSPS) is 10.6. The maximum Gasteiger partial charge on any atom is 0.257 e. The van der Waals surface area contributed by atoms with E-state index in [1.54, 1.807) is 34.9 Å². The zero-order valence-electron chi connectivity index (χ0n) is 11.8. The van der Waals surface area contributed by atoms with Crippen molar-refractivity contribution in [3.05, 3.63) is 71.8 Å². The number of hydrogen-bond acceptors (Lipinski definition) is 2. The van der Waals surface area contributed by atoms with Crippen LogP contribution < -0.4 is 5.32 Å². The molecule has 0 atom stereocenters. The number of nitrogens with one attached hydrogen (secondary N) is 1. The van der Waals surface area contributed by atoms with Crippen LogP contribution in [-0.4, -0.2) is 16.1 Å². The first kappa shape index (κ1) is 14.0. The fraction of sp³-hybridized carbons (Fsp3) is 0.0588. The SMILES string of the molecule is CC(=O)c1cc(C(=O)Nc2ccc(F)cc2)c2ccccn12. The van der Waals surface area contributed by atoms with Crippen molar-refractivity contribution < 1.29 is 14.0 Å². The third-order valence-electron chi connectivity index (χ3n) is 3.38. The molecule has 0 unspecified atom stereocenters. The number of nitrogens with zero attached hydrogens (tertiary/aromatic N) is 1. The minimum atomic E-state index is -0.369. The van der Waals surface area contributed by atoms with Crippen LogP contribution in [0.1, 0.15) is 27.8 Å². The molecule has 0 saturated heterocycles. The summed E-state index contributed by atoms with van der Waals surface area (Å²) in [6.45, 7) is 1.45. The molecule has 0 bridgehead atoms. The third kappa shape index (κ3) is 2.48. The number of pyridine rings is 1. The van der Waals surface area contributed by atoms with Gasteiger partial charge in [-0.25, -0.2) is 4.39 Å². The van der Waals surface area contributed by atoms with Crippen LogP contribution in [0.5, 0.6) is 0 Å². The van der Waals surface area contributed by atoms with Gasteiger partial charge in [0.2, 0.25) is 0 Å². The van der Waals surface area contributed by atoms with E-state index in [-0.39, 0.29) is 17.5 Å². The Kier molecular flexibility index (Phi) is 3.47. The zero-order chi connectivity index (χ0) is 15.7. The highest BCUT2D eigenvalue weighted by molar-refractivity contribution is 6.11. The van der Waals surface area contributed by atoms with Gasteiger partial charge in [-0.15, -0.1) is 0 Å². The van der Waals surface area contributed by atoms with E-state index in [1.807, 2.05) is 0 Å². The van der Waals surface area contributed by atoms with Crippen LogP contribution in [0, 0.1) is 5.82 Å². The molecule has 5 heteroatoms. The van der Waals surface area contributed by atoms with E-state index in [0.29, 0.717) is 22.5 Å². The molecule has 0 spiro atoms. The van der Waals surface area contributed by atoms with Gasteiger partial charge < -0.3 is 9.72 Å². The lowest BCUT2D eigenvalue weighted by Gasteiger charge is -2.04. The van der Waals surface area contributed by atoms with Crippen molar-refractivity contribution in [3.63, 3.8) is 0 Å². The molecule has 1 N–H and O–H groups in total. The first-order valence-electron chi connectivity index (χ1n) is 6.74. The maximum atomic E-state index is 12.9. The second kappa shape index (κ2) is 5.44. The van der Waals surface area contributed by atoms with Crippen LogP contribution >= 0.6 is 0 Å². The van der Waals surface area contributed by atoms with Gasteiger partial charge in [0, 0.05) is 18.8 Å². The van der Waals surface area contributed by atoms with Crippen LogP contribution in [0.25, 0.3) is 5.52 Å². The van der Waals surface area contributed by atoms with Crippen molar-refractivity contribution in [2.45, 2.75) is 6.92 Å². The molecule has 0 aliphatic rings. The number of ketones is 1. The van der Waals surface area contributed by atoms with E-state index >= 15 is 0 Å². The molecule has 3 rings (SSSR count). The number of anilines is 1. The molecule has 1 amide bonds. The summed E-state index contributed by atoms with van der Waals surface area (Å²) in [5.74, 6) is -0.837. The van der Waals surface area contributed by atoms with Gasteiger partial charge in [-0.1, -0.05) is 6.07 Å². The van der Waals surface area contributed by atoms with Crippen LogP contribution in [0.4, 0.5) is 10.1 Å². The van der Waals surface area contributed by atoms with E-state index in [1.165, 1.54) is 31.2 Å². The molecule has 22 heavy (non-hydrogen) atoms. The largest absolute Gasteiger partial charge is 0.322 e. The minimum Gasteiger partial charge on any atom is -0.322 e. The van der Waals surface area contributed by atoms with E-state index in [4.69, 9.17) is 0 Å². The van der Waals surface area contributed by atoms with Crippen LogP contribution in [0.3, 0.4) is 0 Å². The number of hydrogen-bond donors (Lipinski definition) is 1. The first-order valence-corrected chi connectivity index (χ1v) is 6.74. The van der Waals surface area contributed by atoms with Gasteiger partial charge in [-0.05, 0) is 42.5 Å². The van der Waals surface area contributed by atoms with Crippen molar-refractivity contribution in [1.82, 2.24) is 4.40 Å². The Morgan fingerprint density at radius 2 is 1.82 bits per heavy atom. The van der Waals surface area contributed by atoms with Crippen LogP contribution in [0.15, 0.2) is 54.7 Å². The highest BCUT2D eigenvalue weighted by Crippen LogP contribution is 2.19. The quantitative estimate of drug-likeness (QED) is 0.752. The number of Topliss-reactive ketones (excluding diaryl/α,β-unsaturated/α-hetero) is 1. The number of fused-ring (bicyclic) bond motifs is 1. The topological polar surface area (TPSA) is 50.6 Å². The van der Waals surface area contributed by atoms with Crippen molar-refractivity contribution in [1.29, 1.82) is 0 Å². The fourth-order valence-corrected chi connectivity index (χ4v) is 2.34. The van der Waals surface area contributed by atoms with Gasteiger partial charge in [-0.2, -0.15) is 0 Å². The second-order valence-corrected chi connectivity index (χ2v) is 4.92. The number of amides is 1. The summed E-state index contributed by atoms with van der Waals surface area (Å²) < 4.78 is 14.6. The Hall–Kier alpha value is -2.95. The summed E-state index contributed by atoms with van der Waals surface area (Å²) in [7, 11) is 0. The lowest BCUT2D eigenvalue weighted by Crippen LogP contribution is -2.11. The average molecular weight is 296 g/mol. The van der Waals surface area contributed by atoms with E-state index < -0.39 is 0 Å². The number of carbonyl (C=O) groups excluding carboxylic acids is 2. The van der Waals surface area contributed by atoms with Gasteiger partial charge in [0.05, 0.1) is 16.8 Å². The molecule has 1 aromatic carbocycles. The zero-order valence-corrected chi connectivity index (χ0v) is 11.8. The summed E-state index contributed by atoms with van der Waals surface area (Å²) in [6, 6.07) is 12.4. The van der Waals surface area contributed by atoms with E-state index in [2.05, 4.69) is 5.32 Å². The number of benzene rings is 1. The van der Waals surface area contributed by atoms with Crippen molar-refractivity contribution >= 4 is 22.9 Å². The molecule has 0 radical (unpaired) electrons. The second-order valence-electron chi connectivity index (χ2n) is 4.92. The van der Waals surface area contributed by atoms with Crippen molar-refractivity contribution in [2.24, 2.45) is 0 Å². The lowest BCUT2D eigenvalue weighted by atomic mass is 10.2. The Labute approximate surface area is 126 Å². The van der Waals surface area contributed by atoms with Gasteiger partial charge >= 0.3 is 0 Å². The summed E-state index contributed by atoms with van der Waals surface area (Å²) in [6.07, 6.45) is 1.74. The fourth-order valence-electron chi connectivity index (χ4n) is 2.34. The van der Waals surface area contributed by atoms with E-state index in [9.17, 15) is 14.0 Å². The monoisotopic (exact) mass is 296 g/mol. The highest BCUT2D eigenvalue weighted by atomic mass is 19.1. The summed E-state index contributed by atoms with van der Waals surface area (Å²) in [5, 5.41) is 2.70. The van der Waals surface area contributed by atoms with Crippen molar-refractivity contribution in [2.75, 3.05) is 5.32 Å². The summed E-state index contributed by atoms with van der Waals surface area (Å²) in [5.41, 5.74) is 1.98. The smallest absolute Gasteiger partial charge is 0.257 e. The van der Waals surface area contributed by atoms with Gasteiger partial charge in [0.25, 0.3) is 5.91 Å². The summed E-state index contributed by atoms with van der Waals surface area (Å²) >= 11 is 0. The third-order valence-corrected chi connectivity index (χ3v) is 3.38. The predicted octanol–water partition coefficient (Wildman–Crippen LogP) is 3.53. The highest BCUT2D eigenvalue weighted by Gasteiger charge is 2.17. The molecule has 0 aliphatic heterocycles. The number of carbonyl (C=O) groups is 2. The lowest BCUT2D eigenvalue weighted by molar-refractivity contribution is 0.101. The molecule has 2 heterocycles. The standard InChI is InChI=1S/C17H13FN2O2/c1-11(21)16-10-14(15-4-2-3-9-20(15)16)17(22)19-13-7-5-12(18)6-8-13/h2-10H,1H3,(H,19,22). The predicted molar refractivity (Wildman–Crippen MR) is 81.8 cm³/mol. The molecular weight excluding hydrogens is 283 g/mol.